The fraction of sp³-hybridized carbons (Fsp3) is 0.250. The highest BCUT2D eigenvalue weighted by Crippen LogP contribution is 2.31. The van der Waals surface area contributed by atoms with Crippen LogP contribution in [0.4, 0.5) is 0 Å². The van der Waals surface area contributed by atoms with Gasteiger partial charge in [-0.3, -0.25) is 14.8 Å². The number of tetrazole rings is 1. The third-order valence-electron chi connectivity index (χ3n) is 5.13. The van der Waals surface area contributed by atoms with Crippen LogP contribution >= 0.6 is 11.6 Å². The molecule has 1 amide bonds. The smallest absolute Gasteiger partial charge is 0.251 e. The SMILES string of the molecule is CCCc1nnnn1-c1cc(C(=O)NCc2cnc(C)cn2)cc(-c2ccc(C)cc2Cl)c1. The van der Waals surface area contributed by atoms with Gasteiger partial charge in [0.2, 0.25) is 0 Å². The van der Waals surface area contributed by atoms with Crippen LogP contribution in [0.15, 0.2) is 48.8 Å². The average Bonchev–Trinajstić information content (AvgIpc) is 3.27. The van der Waals surface area contributed by atoms with Gasteiger partial charge in [-0.2, -0.15) is 4.68 Å². The van der Waals surface area contributed by atoms with Crippen LogP contribution in [-0.4, -0.2) is 36.1 Å². The molecule has 9 heteroatoms. The summed E-state index contributed by atoms with van der Waals surface area (Å²) in [4.78, 5) is 21.6. The highest BCUT2D eigenvalue weighted by molar-refractivity contribution is 6.33. The lowest BCUT2D eigenvalue weighted by atomic mass is 10.00. The maximum atomic E-state index is 13.1. The zero-order valence-electron chi connectivity index (χ0n) is 18.7. The van der Waals surface area contributed by atoms with Crippen molar-refractivity contribution in [1.29, 1.82) is 0 Å². The fourth-order valence-electron chi connectivity index (χ4n) is 3.44. The fourth-order valence-corrected chi connectivity index (χ4v) is 3.79. The molecule has 2 aromatic heterocycles. The van der Waals surface area contributed by atoms with E-state index in [1.807, 2.05) is 44.2 Å². The molecule has 0 aliphatic heterocycles. The van der Waals surface area contributed by atoms with Crippen molar-refractivity contribution in [1.82, 2.24) is 35.5 Å². The van der Waals surface area contributed by atoms with Crippen LogP contribution in [0.5, 0.6) is 0 Å². The molecule has 1 N–H and O–H groups in total. The summed E-state index contributed by atoms with van der Waals surface area (Å²) in [5, 5.41) is 15.6. The van der Waals surface area contributed by atoms with Crippen molar-refractivity contribution in [3.63, 3.8) is 0 Å². The molecule has 0 atom stereocenters. The topological polar surface area (TPSA) is 98.5 Å². The van der Waals surface area contributed by atoms with Crippen LogP contribution in [0.25, 0.3) is 16.8 Å². The minimum atomic E-state index is -0.242. The van der Waals surface area contributed by atoms with E-state index < -0.39 is 0 Å². The molecule has 0 saturated heterocycles. The Morgan fingerprint density at radius 3 is 2.67 bits per heavy atom. The van der Waals surface area contributed by atoms with E-state index in [-0.39, 0.29) is 12.5 Å². The van der Waals surface area contributed by atoms with Crippen LogP contribution in [0.3, 0.4) is 0 Å². The monoisotopic (exact) mass is 461 g/mol. The predicted octanol–water partition coefficient (Wildman–Crippen LogP) is 4.27. The number of nitrogens with zero attached hydrogens (tertiary/aromatic N) is 6. The number of carbonyl (C=O) groups excluding carboxylic acids is 1. The van der Waals surface area contributed by atoms with Crippen LogP contribution < -0.4 is 5.32 Å². The standard InChI is InChI=1S/C24H24ClN7O/c1-4-5-23-29-30-31-32(23)20-10-17(21-7-6-15(2)8-22(21)25)9-18(11-20)24(33)28-14-19-13-26-16(3)12-27-19/h6-13H,4-5,14H2,1-3H3,(H,28,33). The second-order valence-electron chi connectivity index (χ2n) is 7.84. The summed E-state index contributed by atoms with van der Waals surface area (Å²) in [7, 11) is 0. The summed E-state index contributed by atoms with van der Waals surface area (Å²) >= 11 is 6.55. The first kappa shape index (κ1) is 22.5. The largest absolute Gasteiger partial charge is 0.346 e. The molecule has 4 aromatic rings. The number of aryl methyl sites for hydroxylation is 3. The molecule has 2 heterocycles. The van der Waals surface area contributed by atoms with Crippen molar-refractivity contribution in [2.75, 3.05) is 0 Å². The lowest BCUT2D eigenvalue weighted by Crippen LogP contribution is -2.23. The van der Waals surface area contributed by atoms with Crippen molar-refractivity contribution in [2.24, 2.45) is 0 Å². The van der Waals surface area contributed by atoms with Crippen LogP contribution in [-0.2, 0) is 13.0 Å². The quantitative estimate of drug-likeness (QED) is 0.441. The van der Waals surface area contributed by atoms with Gasteiger partial charge in [-0.1, -0.05) is 30.7 Å². The number of halogens is 1. The molecule has 0 bridgehead atoms. The zero-order chi connectivity index (χ0) is 23.4. The number of hydrogen-bond acceptors (Lipinski definition) is 6. The maximum absolute atomic E-state index is 13.1. The molecule has 0 aliphatic carbocycles. The van der Waals surface area contributed by atoms with Gasteiger partial charge in [0.05, 0.1) is 29.8 Å². The van der Waals surface area contributed by atoms with E-state index in [1.165, 1.54) is 0 Å². The van der Waals surface area contributed by atoms with E-state index in [4.69, 9.17) is 11.6 Å². The molecule has 8 nitrogen and oxygen atoms in total. The Balaban J connectivity index is 1.72. The molecular formula is C24H24ClN7O. The summed E-state index contributed by atoms with van der Waals surface area (Å²) < 4.78 is 1.66. The molecule has 0 spiro atoms. The number of amides is 1. The van der Waals surface area contributed by atoms with Crippen molar-refractivity contribution in [2.45, 2.75) is 40.2 Å². The van der Waals surface area contributed by atoms with E-state index in [1.54, 1.807) is 23.1 Å². The normalized spacial score (nSPS) is 10.9. The minimum absolute atomic E-state index is 0.242. The Bertz CT molecular complexity index is 1280. The van der Waals surface area contributed by atoms with E-state index in [9.17, 15) is 4.79 Å². The van der Waals surface area contributed by atoms with Gasteiger partial charge >= 0.3 is 0 Å². The summed E-state index contributed by atoms with van der Waals surface area (Å²) in [6.45, 7) is 6.18. The predicted molar refractivity (Wildman–Crippen MR) is 126 cm³/mol. The molecule has 0 unspecified atom stereocenters. The summed E-state index contributed by atoms with van der Waals surface area (Å²) in [6.07, 6.45) is 4.94. The van der Waals surface area contributed by atoms with Gasteiger partial charge in [-0.25, -0.2) is 0 Å². The first-order valence-corrected chi connectivity index (χ1v) is 11.1. The number of hydrogen-bond donors (Lipinski definition) is 1. The molecule has 0 aliphatic rings. The Labute approximate surface area is 197 Å². The highest BCUT2D eigenvalue weighted by Gasteiger charge is 2.16. The molecule has 2 aromatic carbocycles. The highest BCUT2D eigenvalue weighted by atomic mass is 35.5. The van der Waals surface area contributed by atoms with Crippen LogP contribution in [0.2, 0.25) is 5.02 Å². The van der Waals surface area contributed by atoms with Gasteiger partial charge in [0.25, 0.3) is 5.91 Å². The molecule has 0 saturated carbocycles. The molecule has 0 fully saturated rings. The van der Waals surface area contributed by atoms with Crippen LogP contribution in [0.1, 0.15) is 46.5 Å². The Hall–Kier alpha value is -3.65. The Morgan fingerprint density at radius 1 is 1.09 bits per heavy atom. The van der Waals surface area contributed by atoms with Gasteiger partial charge in [-0.15, -0.1) is 5.10 Å². The van der Waals surface area contributed by atoms with E-state index in [2.05, 4.69) is 37.7 Å². The summed E-state index contributed by atoms with van der Waals surface area (Å²) in [5.74, 6) is 0.486. The molecular weight excluding hydrogens is 438 g/mol. The number of benzene rings is 2. The number of nitrogens with one attached hydrogen (secondary N) is 1. The third-order valence-corrected chi connectivity index (χ3v) is 5.45. The number of carbonyl (C=O) groups is 1. The van der Waals surface area contributed by atoms with Crippen molar-refractivity contribution < 1.29 is 4.79 Å². The van der Waals surface area contributed by atoms with Gasteiger partial charge in [0, 0.05) is 28.8 Å². The summed E-state index contributed by atoms with van der Waals surface area (Å²) in [6, 6.07) is 11.4. The second kappa shape index (κ2) is 9.87. The molecule has 33 heavy (non-hydrogen) atoms. The average molecular weight is 462 g/mol. The van der Waals surface area contributed by atoms with Gasteiger partial charge in [-0.05, 0) is 66.1 Å². The third kappa shape index (κ3) is 5.23. The van der Waals surface area contributed by atoms with E-state index in [0.717, 1.165) is 41.1 Å². The Morgan fingerprint density at radius 2 is 1.94 bits per heavy atom. The Kier molecular flexibility index (Phi) is 6.74. The zero-order valence-corrected chi connectivity index (χ0v) is 19.5. The van der Waals surface area contributed by atoms with E-state index in [0.29, 0.717) is 22.0 Å². The van der Waals surface area contributed by atoms with Crippen molar-refractivity contribution >= 4 is 17.5 Å². The first-order valence-electron chi connectivity index (χ1n) is 10.7. The molecule has 4 rings (SSSR count). The maximum Gasteiger partial charge on any atom is 0.251 e. The molecule has 0 radical (unpaired) electrons. The van der Waals surface area contributed by atoms with Crippen LogP contribution in [0, 0.1) is 13.8 Å². The van der Waals surface area contributed by atoms with Gasteiger partial charge in [0.15, 0.2) is 5.82 Å². The number of aromatic nitrogens is 6. The minimum Gasteiger partial charge on any atom is -0.346 e. The summed E-state index contributed by atoms with van der Waals surface area (Å²) in [5.41, 5.74) is 5.35. The number of rotatable bonds is 7. The van der Waals surface area contributed by atoms with E-state index >= 15 is 0 Å². The lowest BCUT2D eigenvalue weighted by molar-refractivity contribution is 0.0950. The molecule has 168 valence electrons. The lowest BCUT2D eigenvalue weighted by Gasteiger charge is -2.13. The van der Waals surface area contributed by atoms with Crippen molar-refractivity contribution in [3.05, 3.63) is 82.2 Å². The van der Waals surface area contributed by atoms with Crippen molar-refractivity contribution in [3.8, 4) is 16.8 Å². The van der Waals surface area contributed by atoms with Gasteiger partial charge in [0.1, 0.15) is 0 Å². The van der Waals surface area contributed by atoms with Gasteiger partial charge < -0.3 is 5.32 Å². The second-order valence-corrected chi connectivity index (χ2v) is 8.25. The first-order chi connectivity index (χ1) is 15.9.